The molecule has 5 aliphatic rings. The lowest BCUT2D eigenvalue weighted by Gasteiger charge is -2.46. The van der Waals surface area contributed by atoms with Gasteiger partial charge < -0.3 is 54.0 Å². The van der Waals surface area contributed by atoms with Crippen molar-refractivity contribution in [3.8, 4) is 17.2 Å². The number of nitrogens with zero attached hydrogens (tertiary/aromatic N) is 1. The van der Waals surface area contributed by atoms with Crippen LogP contribution in [-0.2, 0) is 43.3 Å². The normalized spacial score (nSPS) is 25.9. The smallest absolute Gasteiger partial charge is 0.375 e. The van der Waals surface area contributed by atoms with Gasteiger partial charge in [0.05, 0.1) is 43.1 Å². The Hall–Kier alpha value is -4.57. The van der Waals surface area contributed by atoms with E-state index in [0.29, 0.717) is 48.0 Å². The minimum Gasteiger partial charge on any atom is -0.492 e. The van der Waals surface area contributed by atoms with E-state index in [1.54, 1.807) is 14.0 Å². The minimum absolute atomic E-state index is 0.0110. The standard InChI is InChI=1S/C49H62N2O12/c1-5-33-20-32(11-14-51(33)13-7-15-59-4)49(3,58)40-21-36-44(62-40)38(25-55)46-42-41(37(24-54)47(63-46)48(57)60-6-2)30-16-31(23-53)43(56)35(18-30)34-17-29-10-12-50-39(29)19-28(34)9-8-27(22-52)26-61-45(36)42/h10,12,17,19,24,27,31-33,35,40,50,52-53,55,58H,5-9,11,13-16,18,20-23,25-26H2,1-4H3. The summed E-state index contributed by atoms with van der Waals surface area (Å²) in [5, 5.41) is 46.5. The van der Waals surface area contributed by atoms with Gasteiger partial charge in [-0.05, 0) is 112 Å². The highest BCUT2D eigenvalue weighted by Gasteiger charge is 2.50. The molecule has 63 heavy (non-hydrogen) atoms. The first-order valence-corrected chi connectivity index (χ1v) is 22.7. The van der Waals surface area contributed by atoms with Gasteiger partial charge in [-0.1, -0.05) is 12.5 Å². The highest BCUT2D eigenvalue weighted by atomic mass is 16.6. The average Bonchev–Trinajstić information content (AvgIpc) is 3.96. The van der Waals surface area contributed by atoms with Crippen LogP contribution in [0.15, 0.2) is 41.3 Å². The average molecular weight is 871 g/mol. The fourth-order valence-corrected chi connectivity index (χ4v) is 10.9. The van der Waals surface area contributed by atoms with Crippen LogP contribution in [0.3, 0.4) is 0 Å². The summed E-state index contributed by atoms with van der Waals surface area (Å²) in [7, 11) is 1.71. The van der Waals surface area contributed by atoms with Crippen molar-refractivity contribution in [3.05, 3.63) is 69.1 Å². The van der Waals surface area contributed by atoms with Crippen molar-refractivity contribution >= 4 is 34.5 Å². The number of nitrogens with one attached hydrogen (secondary N) is 1. The molecule has 7 unspecified atom stereocenters. The number of ketones is 1. The number of ether oxygens (including phenoxy) is 5. The van der Waals surface area contributed by atoms with Gasteiger partial charge >= 0.3 is 5.97 Å². The number of aromatic nitrogens is 1. The molecule has 1 saturated heterocycles. The number of methoxy groups -OCH3 is 1. The number of benzene rings is 2. The van der Waals surface area contributed by atoms with Crippen LogP contribution >= 0.6 is 0 Å². The van der Waals surface area contributed by atoms with Gasteiger partial charge in [-0.15, -0.1) is 0 Å². The Morgan fingerprint density at radius 2 is 1.90 bits per heavy atom. The molecule has 2 fully saturated rings. The first-order valence-electron chi connectivity index (χ1n) is 22.7. The Morgan fingerprint density at radius 3 is 2.62 bits per heavy atom. The minimum atomic E-state index is -1.33. The summed E-state index contributed by atoms with van der Waals surface area (Å²) >= 11 is 0. The number of Topliss-reactive ketones (excluding diaryl/α,β-unsaturated/α-hetero) is 1. The number of likely N-dealkylation sites (tertiary alicyclic amines) is 1. The summed E-state index contributed by atoms with van der Waals surface area (Å²) in [6.45, 7) is 6.83. The number of aryl methyl sites for hydroxylation is 1. The van der Waals surface area contributed by atoms with Crippen LogP contribution in [0.4, 0.5) is 0 Å². The van der Waals surface area contributed by atoms with E-state index in [1.807, 2.05) is 31.3 Å². The zero-order chi connectivity index (χ0) is 44.6. The molecule has 7 atom stereocenters. The molecule has 1 saturated carbocycles. The van der Waals surface area contributed by atoms with E-state index in [9.17, 15) is 34.8 Å². The largest absolute Gasteiger partial charge is 0.492 e. The molecule has 1 aromatic heterocycles. The summed E-state index contributed by atoms with van der Waals surface area (Å²) in [5.74, 6) is -2.86. The number of H-pyrrole nitrogens is 1. The number of esters is 1. The second kappa shape index (κ2) is 18.9. The summed E-state index contributed by atoms with van der Waals surface area (Å²) in [5.41, 5.74) is 3.20. The van der Waals surface area contributed by atoms with Gasteiger partial charge in [0.15, 0.2) is 6.29 Å². The fourth-order valence-electron chi connectivity index (χ4n) is 10.9. The molecule has 5 N–H and O–H groups in total. The topological polar surface area (TPSA) is 197 Å². The predicted molar refractivity (Wildman–Crippen MR) is 233 cm³/mol. The van der Waals surface area contributed by atoms with Gasteiger partial charge in [-0.3, -0.25) is 9.59 Å². The van der Waals surface area contributed by atoms with E-state index in [0.717, 1.165) is 60.8 Å². The highest BCUT2D eigenvalue weighted by molar-refractivity contribution is 6.11. The number of aliphatic hydroxyl groups is 4. The number of aliphatic hydroxyl groups excluding tert-OH is 3. The molecule has 8 rings (SSSR count). The SMILES string of the molecule is CCOC(=O)C1=C(C=O)C2=C3CC(CO)C(=O)C(C3)c3cc4cc[nH]c4cc3CCC(CO)COc3c4c(c(CO)c(c32)O1)OC(C(C)(O)C1CCN(CCCOC)C(CC)C1)C4. The molecule has 2 aromatic carbocycles. The number of hydrogen-bond donors (Lipinski definition) is 5. The molecular formula is C49H62N2O12. The van der Waals surface area contributed by atoms with Crippen molar-refractivity contribution in [3.63, 3.8) is 0 Å². The maximum atomic E-state index is 14.5. The lowest BCUT2D eigenvalue weighted by Crippen LogP contribution is -2.54. The van der Waals surface area contributed by atoms with Crippen molar-refractivity contribution in [1.82, 2.24) is 9.88 Å². The van der Waals surface area contributed by atoms with E-state index < -0.39 is 42.7 Å². The molecule has 5 heterocycles. The van der Waals surface area contributed by atoms with E-state index in [1.165, 1.54) is 0 Å². The molecule has 2 bridgehead atoms. The van der Waals surface area contributed by atoms with E-state index in [-0.39, 0.29) is 96.9 Å². The maximum absolute atomic E-state index is 14.5. The molecule has 0 amide bonds. The fraction of sp³-hybridized carbons (Fsp3) is 0.571. The van der Waals surface area contributed by atoms with Crippen molar-refractivity contribution in [2.24, 2.45) is 17.8 Å². The molecular weight excluding hydrogens is 809 g/mol. The van der Waals surface area contributed by atoms with Crippen LogP contribution in [0.5, 0.6) is 17.2 Å². The quantitative estimate of drug-likeness (QED) is 0.0866. The first kappa shape index (κ1) is 45.0. The number of allylic oxidation sites excluding steroid dienone is 3. The molecule has 3 aromatic rings. The van der Waals surface area contributed by atoms with Gasteiger partial charge in [0.2, 0.25) is 5.76 Å². The summed E-state index contributed by atoms with van der Waals surface area (Å²) in [4.78, 5) is 47.5. The third-order valence-electron chi connectivity index (χ3n) is 14.5. The molecule has 0 radical (unpaired) electrons. The number of carbonyl (C=O) groups is 3. The number of carbonyl (C=O) groups excluding carboxylic acids is 3. The second-order valence-corrected chi connectivity index (χ2v) is 18.1. The number of fused-ring (bicyclic) bond motifs is 7. The number of rotatable bonds is 13. The summed E-state index contributed by atoms with van der Waals surface area (Å²) in [6.07, 6.45) is 6.43. The van der Waals surface area contributed by atoms with Gasteiger partial charge in [0.1, 0.15) is 34.7 Å². The third kappa shape index (κ3) is 8.23. The van der Waals surface area contributed by atoms with Gasteiger partial charge in [0, 0.05) is 79.9 Å². The van der Waals surface area contributed by atoms with Crippen LogP contribution in [0.2, 0.25) is 0 Å². The lowest BCUT2D eigenvalue weighted by molar-refractivity contribution is -0.141. The van der Waals surface area contributed by atoms with Crippen LogP contribution in [0.1, 0.15) is 99.5 Å². The molecule has 14 nitrogen and oxygen atoms in total. The van der Waals surface area contributed by atoms with Crippen LogP contribution in [0, 0.1) is 17.8 Å². The molecule has 4 aliphatic heterocycles. The lowest BCUT2D eigenvalue weighted by atomic mass is 9.70. The zero-order valence-electron chi connectivity index (χ0n) is 36.9. The van der Waals surface area contributed by atoms with E-state index in [4.69, 9.17) is 23.7 Å². The van der Waals surface area contributed by atoms with Crippen molar-refractivity contribution in [1.29, 1.82) is 0 Å². The highest BCUT2D eigenvalue weighted by Crippen LogP contribution is 2.57. The monoisotopic (exact) mass is 870 g/mol. The summed E-state index contributed by atoms with van der Waals surface area (Å²) in [6, 6.07) is 6.25. The number of aldehydes is 1. The van der Waals surface area contributed by atoms with Crippen LogP contribution in [0.25, 0.3) is 16.5 Å². The molecule has 14 heteroatoms. The number of hydrogen-bond acceptors (Lipinski definition) is 13. The van der Waals surface area contributed by atoms with Crippen molar-refractivity contribution in [2.45, 2.75) is 109 Å². The van der Waals surface area contributed by atoms with Gasteiger partial charge in [-0.25, -0.2) is 4.79 Å². The predicted octanol–water partition coefficient (Wildman–Crippen LogP) is 5.09. The molecule has 340 valence electrons. The number of aromatic amines is 1. The Kier molecular flexibility index (Phi) is 13.5. The van der Waals surface area contributed by atoms with E-state index in [2.05, 4.69) is 16.8 Å². The maximum Gasteiger partial charge on any atom is 0.375 e. The van der Waals surface area contributed by atoms with Gasteiger partial charge in [-0.2, -0.15) is 0 Å². The van der Waals surface area contributed by atoms with E-state index >= 15 is 0 Å². The van der Waals surface area contributed by atoms with Crippen molar-refractivity contribution < 1.29 is 58.5 Å². The Morgan fingerprint density at radius 1 is 1.08 bits per heavy atom. The first-order chi connectivity index (χ1) is 30.5. The van der Waals surface area contributed by atoms with Crippen molar-refractivity contribution in [2.75, 3.05) is 53.2 Å². The Labute approximate surface area is 368 Å². The van der Waals surface area contributed by atoms with Crippen LogP contribution < -0.4 is 14.2 Å². The van der Waals surface area contributed by atoms with Crippen LogP contribution in [-0.4, -0.2) is 119 Å². The Balaban J connectivity index is 1.31. The summed E-state index contributed by atoms with van der Waals surface area (Å²) < 4.78 is 30.9. The Bertz CT molecular complexity index is 2290. The molecule has 0 spiro atoms. The molecule has 1 aliphatic carbocycles. The zero-order valence-corrected chi connectivity index (χ0v) is 36.9. The van der Waals surface area contributed by atoms with Gasteiger partial charge in [0.25, 0.3) is 0 Å². The second-order valence-electron chi connectivity index (χ2n) is 18.1. The number of piperidine rings is 1. The third-order valence-corrected chi connectivity index (χ3v) is 14.5.